The minimum absolute atomic E-state index is 0.164. The van der Waals surface area contributed by atoms with Gasteiger partial charge < -0.3 is 9.47 Å². The summed E-state index contributed by atoms with van der Waals surface area (Å²) in [6.07, 6.45) is 8.99. The minimum atomic E-state index is -1.46. The van der Waals surface area contributed by atoms with Gasteiger partial charge in [0.2, 0.25) is 0 Å². The molecule has 4 nitrogen and oxygen atoms in total. The van der Waals surface area contributed by atoms with Crippen LogP contribution in [0.5, 0.6) is 0 Å². The molecule has 0 heterocycles. The summed E-state index contributed by atoms with van der Waals surface area (Å²) in [5, 5.41) is 0. The summed E-state index contributed by atoms with van der Waals surface area (Å²) in [5.74, 6) is 0. The molecule has 0 radical (unpaired) electrons. The Labute approximate surface area is 129 Å². The molecule has 0 aromatic carbocycles. The molecule has 1 saturated carbocycles. The zero-order chi connectivity index (χ0) is 15.5. The molecule has 0 aliphatic heterocycles. The van der Waals surface area contributed by atoms with Crippen LogP contribution in [0.3, 0.4) is 0 Å². The van der Waals surface area contributed by atoms with E-state index in [1.807, 2.05) is 0 Å². The standard InChI is InChI=1S/C16H29O4P/c1-3-5-12-19-15(17)21(14-10-8-7-9-11-14)16(18)20-13-6-4-2/h14H,3-13H2,1-2H3. The predicted octanol–water partition coefficient (Wildman–Crippen LogP) is 5.67. The van der Waals surface area contributed by atoms with Crippen LogP contribution >= 0.6 is 7.92 Å². The number of hydrogen-bond donors (Lipinski definition) is 0. The van der Waals surface area contributed by atoms with Crippen molar-refractivity contribution in [3.05, 3.63) is 0 Å². The maximum absolute atomic E-state index is 12.3. The van der Waals surface area contributed by atoms with Crippen LogP contribution in [0.25, 0.3) is 0 Å². The first kappa shape index (κ1) is 18.4. The molecule has 0 unspecified atom stereocenters. The molecule has 0 aromatic heterocycles. The van der Waals surface area contributed by atoms with Crippen molar-refractivity contribution in [3.63, 3.8) is 0 Å². The van der Waals surface area contributed by atoms with Crippen LogP contribution in [0.2, 0.25) is 0 Å². The first-order valence-corrected chi connectivity index (χ1v) is 9.74. The van der Waals surface area contributed by atoms with Gasteiger partial charge in [0, 0.05) is 0 Å². The first-order valence-electron chi connectivity index (χ1n) is 8.33. The van der Waals surface area contributed by atoms with Crippen LogP contribution in [0.15, 0.2) is 0 Å². The Morgan fingerprint density at radius 1 is 0.905 bits per heavy atom. The lowest BCUT2D eigenvalue weighted by Gasteiger charge is -2.27. The lowest BCUT2D eigenvalue weighted by atomic mass is 10.0. The molecule has 0 aromatic rings. The average Bonchev–Trinajstić information content (AvgIpc) is 2.49. The second-order valence-corrected chi connectivity index (χ2v) is 7.80. The SMILES string of the molecule is CCCCOC(=O)P(C(=O)OCCCC)C1CCCCC1. The summed E-state index contributed by atoms with van der Waals surface area (Å²) in [6.45, 7) is 4.94. The third-order valence-corrected chi connectivity index (χ3v) is 6.07. The molecule has 0 atom stereocenters. The molecule has 0 spiro atoms. The molecule has 0 bridgehead atoms. The molecule has 0 N–H and O–H groups in total. The number of ether oxygens (including phenoxy) is 2. The monoisotopic (exact) mass is 316 g/mol. The Bertz CT molecular complexity index is 291. The third kappa shape index (κ3) is 6.78. The third-order valence-electron chi connectivity index (χ3n) is 3.78. The number of carbonyl (C=O) groups is 2. The second kappa shape index (κ2) is 11.0. The fourth-order valence-electron chi connectivity index (χ4n) is 2.46. The van der Waals surface area contributed by atoms with E-state index in [1.54, 1.807) is 0 Å². The van der Waals surface area contributed by atoms with E-state index < -0.39 is 7.92 Å². The van der Waals surface area contributed by atoms with Crippen LogP contribution in [0.4, 0.5) is 9.59 Å². The highest BCUT2D eigenvalue weighted by atomic mass is 31.1. The average molecular weight is 316 g/mol. The summed E-state index contributed by atoms with van der Waals surface area (Å²) < 4.78 is 10.6. The molecule has 122 valence electrons. The molecular formula is C16H29O4P. The van der Waals surface area contributed by atoms with Gasteiger partial charge in [-0.15, -0.1) is 0 Å². The van der Waals surface area contributed by atoms with E-state index in [9.17, 15) is 9.59 Å². The molecule has 0 amide bonds. The Morgan fingerprint density at radius 3 is 1.81 bits per heavy atom. The van der Waals surface area contributed by atoms with Crippen molar-refractivity contribution < 1.29 is 19.1 Å². The van der Waals surface area contributed by atoms with Crippen molar-refractivity contribution >= 4 is 19.3 Å². The molecule has 1 aliphatic rings. The number of rotatable bonds is 9. The summed E-state index contributed by atoms with van der Waals surface area (Å²) >= 11 is 0. The van der Waals surface area contributed by atoms with Crippen LogP contribution < -0.4 is 0 Å². The molecule has 0 saturated heterocycles. The summed E-state index contributed by atoms with van der Waals surface area (Å²) in [7, 11) is -1.46. The maximum Gasteiger partial charge on any atom is 0.337 e. The smallest absolute Gasteiger partial charge is 0.337 e. The van der Waals surface area contributed by atoms with Crippen LogP contribution in [-0.4, -0.2) is 30.3 Å². The Hall–Kier alpha value is -0.630. The quantitative estimate of drug-likeness (QED) is 0.406. The lowest BCUT2D eigenvalue weighted by Crippen LogP contribution is -2.21. The fourth-order valence-corrected chi connectivity index (χ4v) is 4.55. The van der Waals surface area contributed by atoms with Crippen LogP contribution in [0, 0.1) is 0 Å². The summed E-state index contributed by atoms with van der Waals surface area (Å²) in [6, 6.07) is 0. The van der Waals surface area contributed by atoms with Gasteiger partial charge in [-0.1, -0.05) is 46.0 Å². The van der Waals surface area contributed by atoms with Gasteiger partial charge in [0.15, 0.2) is 0 Å². The Balaban J connectivity index is 2.59. The molecular weight excluding hydrogens is 287 g/mol. The van der Waals surface area contributed by atoms with Gasteiger partial charge in [0.05, 0.1) is 13.2 Å². The van der Waals surface area contributed by atoms with E-state index in [2.05, 4.69) is 13.8 Å². The van der Waals surface area contributed by atoms with Crippen molar-refractivity contribution in [2.45, 2.75) is 77.3 Å². The fraction of sp³-hybridized carbons (Fsp3) is 0.875. The summed E-state index contributed by atoms with van der Waals surface area (Å²) in [5.41, 5.74) is -0.462. The zero-order valence-electron chi connectivity index (χ0n) is 13.4. The van der Waals surface area contributed by atoms with E-state index in [4.69, 9.17) is 9.47 Å². The highest BCUT2D eigenvalue weighted by molar-refractivity contribution is 7.88. The summed E-state index contributed by atoms with van der Waals surface area (Å²) in [4.78, 5) is 24.6. The van der Waals surface area contributed by atoms with Gasteiger partial charge in [-0.25, -0.2) is 9.59 Å². The van der Waals surface area contributed by atoms with Gasteiger partial charge >= 0.3 is 11.4 Å². The second-order valence-electron chi connectivity index (χ2n) is 5.60. The van der Waals surface area contributed by atoms with E-state index in [0.717, 1.165) is 51.4 Å². The maximum atomic E-state index is 12.3. The Morgan fingerprint density at radius 2 is 1.38 bits per heavy atom. The van der Waals surface area contributed by atoms with Crippen molar-refractivity contribution in [2.75, 3.05) is 13.2 Å². The largest absolute Gasteiger partial charge is 0.462 e. The molecule has 21 heavy (non-hydrogen) atoms. The molecule has 1 rings (SSSR count). The van der Waals surface area contributed by atoms with Crippen LogP contribution in [0.1, 0.15) is 71.6 Å². The van der Waals surface area contributed by atoms with Gasteiger partial charge in [-0.3, -0.25) is 0 Å². The first-order chi connectivity index (χ1) is 10.2. The number of hydrogen-bond acceptors (Lipinski definition) is 4. The van der Waals surface area contributed by atoms with Crippen molar-refractivity contribution in [1.29, 1.82) is 0 Å². The zero-order valence-corrected chi connectivity index (χ0v) is 14.3. The minimum Gasteiger partial charge on any atom is -0.462 e. The van der Waals surface area contributed by atoms with Crippen molar-refractivity contribution in [2.24, 2.45) is 0 Å². The van der Waals surface area contributed by atoms with E-state index in [-0.39, 0.29) is 17.1 Å². The van der Waals surface area contributed by atoms with Crippen molar-refractivity contribution in [3.8, 4) is 0 Å². The van der Waals surface area contributed by atoms with Gasteiger partial charge in [-0.2, -0.15) is 0 Å². The van der Waals surface area contributed by atoms with Gasteiger partial charge in [0.25, 0.3) is 0 Å². The molecule has 1 fully saturated rings. The Kier molecular flexibility index (Phi) is 9.65. The highest BCUT2D eigenvalue weighted by Crippen LogP contribution is 2.50. The van der Waals surface area contributed by atoms with Crippen LogP contribution in [-0.2, 0) is 9.47 Å². The number of carbonyl (C=O) groups excluding carboxylic acids is 2. The topological polar surface area (TPSA) is 52.6 Å². The molecule has 1 aliphatic carbocycles. The van der Waals surface area contributed by atoms with Crippen molar-refractivity contribution in [1.82, 2.24) is 0 Å². The van der Waals surface area contributed by atoms with E-state index in [1.165, 1.54) is 6.42 Å². The normalized spacial score (nSPS) is 16.0. The number of unbranched alkanes of at least 4 members (excludes halogenated alkanes) is 2. The van der Waals surface area contributed by atoms with E-state index in [0.29, 0.717) is 13.2 Å². The molecule has 5 heteroatoms. The lowest BCUT2D eigenvalue weighted by molar-refractivity contribution is 0.164. The highest BCUT2D eigenvalue weighted by Gasteiger charge is 2.38. The predicted molar refractivity (Wildman–Crippen MR) is 86.3 cm³/mol. The van der Waals surface area contributed by atoms with Gasteiger partial charge in [0.1, 0.15) is 7.92 Å². The van der Waals surface area contributed by atoms with E-state index >= 15 is 0 Å². The van der Waals surface area contributed by atoms with Gasteiger partial charge in [-0.05, 0) is 31.3 Å².